The van der Waals surface area contributed by atoms with Crippen LogP contribution in [-0.4, -0.2) is 11.1 Å². The standard InChI is InChI=1S/C19H16O5/c1-2-12-6-7-16-14(10-18(21)24-17(16)8-12)11-23-19(22)13-4-3-5-15(20)9-13/h3-10,20H,2,11H2,1H3. The van der Waals surface area contributed by atoms with Crippen molar-refractivity contribution in [1.29, 1.82) is 0 Å². The van der Waals surface area contributed by atoms with Crippen LogP contribution in [0.3, 0.4) is 0 Å². The fraction of sp³-hybridized carbons (Fsp3) is 0.158. The average molecular weight is 324 g/mol. The van der Waals surface area contributed by atoms with E-state index in [9.17, 15) is 14.7 Å². The highest BCUT2D eigenvalue weighted by Gasteiger charge is 2.11. The minimum atomic E-state index is -0.572. The second-order valence-corrected chi connectivity index (χ2v) is 5.40. The van der Waals surface area contributed by atoms with Crippen LogP contribution >= 0.6 is 0 Å². The molecule has 0 saturated heterocycles. The van der Waals surface area contributed by atoms with Gasteiger partial charge in [0.1, 0.15) is 17.9 Å². The molecule has 0 spiro atoms. The zero-order valence-electron chi connectivity index (χ0n) is 13.1. The second-order valence-electron chi connectivity index (χ2n) is 5.40. The molecule has 1 heterocycles. The number of phenolic OH excluding ortho intramolecular Hbond substituents is 1. The quantitative estimate of drug-likeness (QED) is 0.588. The molecule has 0 fully saturated rings. The first-order valence-corrected chi connectivity index (χ1v) is 7.58. The van der Waals surface area contributed by atoms with Gasteiger partial charge in [-0.25, -0.2) is 9.59 Å². The number of phenols is 1. The summed E-state index contributed by atoms with van der Waals surface area (Å²) >= 11 is 0. The van der Waals surface area contributed by atoms with Gasteiger partial charge in [-0.1, -0.05) is 25.1 Å². The van der Waals surface area contributed by atoms with Gasteiger partial charge in [0.15, 0.2) is 0 Å². The second kappa shape index (κ2) is 6.58. The largest absolute Gasteiger partial charge is 0.508 e. The van der Waals surface area contributed by atoms with Gasteiger partial charge in [-0.2, -0.15) is 0 Å². The van der Waals surface area contributed by atoms with Gasteiger partial charge in [0.05, 0.1) is 5.56 Å². The van der Waals surface area contributed by atoms with Crippen molar-refractivity contribution in [3.8, 4) is 5.75 Å². The Hall–Kier alpha value is -3.08. The SMILES string of the molecule is CCc1ccc2c(COC(=O)c3cccc(O)c3)cc(=O)oc2c1. The van der Waals surface area contributed by atoms with Crippen molar-refractivity contribution in [1.82, 2.24) is 0 Å². The fourth-order valence-corrected chi connectivity index (χ4v) is 2.47. The van der Waals surface area contributed by atoms with Gasteiger partial charge in [-0.3, -0.25) is 0 Å². The van der Waals surface area contributed by atoms with E-state index in [1.165, 1.54) is 18.2 Å². The minimum Gasteiger partial charge on any atom is -0.508 e. The Bertz CT molecular complexity index is 955. The van der Waals surface area contributed by atoms with Gasteiger partial charge in [0, 0.05) is 17.0 Å². The number of hydrogen-bond acceptors (Lipinski definition) is 5. The number of ether oxygens (including phenoxy) is 1. The molecule has 1 aromatic heterocycles. The molecular formula is C19H16O5. The number of hydrogen-bond donors (Lipinski definition) is 1. The van der Waals surface area contributed by atoms with Crippen molar-refractivity contribution < 1.29 is 19.1 Å². The maximum atomic E-state index is 12.1. The van der Waals surface area contributed by atoms with Crippen LogP contribution in [0.25, 0.3) is 11.0 Å². The highest BCUT2D eigenvalue weighted by Crippen LogP contribution is 2.20. The van der Waals surface area contributed by atoms with E-state index in [4.69, 9.17) is 9.15 Å². The first-order chi connectivity index (χ1) is 11.6. The van der Waals surface area contributed by atoms with Crippen molar-refractivity contribution in [3.05, 3.63) is 75.6 Å². The van der Waals surface area contributed by atoms with Crippen molar-refractivity contribution >= 4 is 16.9 Å². The third kappa shape index (κ3) is 3.30. The predicted octanol–water partition coefficient (Wildman–Crippen LogP) is 3.42. The molecule has 0 aliphatic heterocycles. The molecule has 0 bridgehead atoms. The number of carbonyl (C=O) groups excluding carboxylic acids is 1. The summed E-state index contributed by atoms with van der Waals surface area (Å²) in [7, 11) is 0. The van der Waals surface area contributed by atoms with Crippen LogP contribution in [0, 0.1) is 0 Å². The fourth-order valence-electron chi connectivity index (χ4n) is 2.47. The lowest BCUT2D eigenvalue weighted by atomic mass is 10.1. The van der Waals surface area contributed by atoms with E-state index in [2.05, 4.69) is 0 Å². The molecule has 0 aliphatic carbocycles. The van der Waals surface area contributed by atoms with Crippen LogP contribution in [0.1, 0.15) is 28.4 Å². The molecule has 2 aromatic carbocycles. The summed E-state index contributed by atoms with van der Waals surface area (Å²) in [5.41, 5.74) is 1.87. The van der Waals surface area contributed by atoms with E-state index < -0.39 is 11.6 Å². The molecule has 0 saturated carbocycles. The summed E-state index contributed by atoms with van der Waals surface area (Å²) in [4.78, 5) is 23.8. The van der Waals surface area contributed by atoms with E-state index in [-0.39, 0.29) is 17.9 Å². The molecule has 24 heavy (non-hydrogen) atoms. The number of aryl methyl sites for hydroxylation is 1. The van der Waals surface area contributed by atoms with Gasteiger partial charge in [0.25, 0.3) is 0 Å². The summed E-state index contributed by atoms with van der Waals surface area (Å²) in [5.74, 6) is -0.584. The third-order valence-electron chi connectivity index (χ3n) is 3.74. The Morgan fingerprint density at radius 1 is 1.17 bits per heavy atom. The first kappa shape index (κ1) is 15.8. The summed E-state index contributed by atoms with van der Waals surface area (Å²) in [6, 6.07) is 12.8. The van der Waals surface area contributed by atoms with Gasteiger partial charge in [0.2, 0.25) is 0 Å². The lowest BCUT2D eigenvalue weighted by Gasteiger charge is -2.08. The lowest BCUT2D eigenvalue weighted by molar-refractivity contribution is 0.0473. The van der Waals surface area contributed by atoms with Gasteiger partial charge in [-0.05, 0) is 36.2 Å². The predicted molar refractivity (Wildman–Crippen MR) is 89.1 cm³/mol. The summed E-state index contributed by atoms with van der Waals surface area (Å²) < 4.78 is 10.5. The average Bonchev–Trinajstić information content (AvgIpc) is 2.58. The first-order valence-electron chi connectivity index (χ1n) is 7.58. The van der Waals surface area contributed by atoms with Crippen molar-refractivity contribution in [2.24, 2.45) is 0 Å². The van der Waals surface area contributed by atoms with Gasteiger partial charge < -0.3 is 14.3 Å². The van der Waals surface area contributed by atoms with E-state index in [0.717, 1.165) is 17.4 Å². The lowest BCUT2D eigenvalue weighted by Crippen LogP contribution is -2.08. The summed E-state index contributed by atoms with van der Waals surface area (Å²) in [6.07, 6.45) is 0.830. The monoisotopic (exact) mass is 324 g/mol. The van der Waals surface area contributed by atoms with Crippen LogP contribution in [0.4, 0.5) is 0 Å². The highest BCUT2D eigenvalue weighted by molar-refractivity contribution is 5.90. The summed E-state index contributed by atoms with van der Waals surface area (Å²) in [6.45, 7) is 1.96. The zero-order valence-corrected chi connectivity index (χ0v) is 13.1. The van der Waals surface area contributed by atoms with E-state index in [1.807, 2.05) is 25.1 Å². The van der Waals surface area contributed by atoms with Crippen LogP contribution in [0.2, 0.25) is 0 Å². The van der Waals surface area contributed by atoms with Crippen molar-refractivity contribution in [3.63, 3.8) is 0 Å². The van der Waals surface area contributed by atoms with Crippen molar-refractivity contribution in [2.45, 2.75) is 20.0 Å². The van der Waals surface area contributed by atoms with Crippen LogP contribution < -0.4 is 5.63 Å². The molecule has 3 rings (SSSR count). The Morgan fingerprint density at radius 2 is 2.00 bits per heavy atom. The molecule has 0 aliphatic rings. The van der Waals surface area contributed by atoms with E-state index in [0.29, 0.717) is 11.1 Å². The van der Waals surface area contributed by atoms with E-state index >= 15 is 0 Å². The molecule has 1 N–H and O–H groups in total. The Kier molecular flexibility index (Phi) is 4.33. The Morgan fingerprint density at radius 3 is 2.75 bits per heavy atom. The molecule has 3 aromatic rings. The normalized spacial score (nSPS) is 10.7. The number of benzene rings is 2. The number of aromatic hydroxyl groups is 1. The molecule has 5 heteroatoms. The number of fused-ring (bicyclic) bond motifs is 1. The molecular weight excluding hydrogens is 308 g/mol. The molecule has 0 atom stereocenters. The van der Waals surface area contributed by atoms with Crippen LogP contribution in [0.5, 0.6) is 5.75 Å². The van der Waals surface area contributed by atoms with E-state index in [1.54, 1.807) is 12.1 Å². The summed E-state index contributed by atoms with van der Waals surface area (Å²) in [5, 5.41) is 10.1. The number of carbonyl (C=O) groups is 1. The van der Waals surface area contributed by atoms with Crippen molar-refractivity contribution in [2.75, 3.05) is 0 Å². The molecule has 122 valence electrons. The van der Waals surface area contributed by atoms with Gasteiger partial charge in [-0.15, -0.1) is 0 Å². The van der Waals surface area contributed by atoms with Gasteiger partial charge >= 0.3 is 11.6 Å². The molecule has 0 unspecified atom stereocenters. The zero-order chi connectivity index (χ0) is 17.1. The maximum absolute atomic E-state index is 12.1. The van der Waals surface area contributed by atoms with Crippen LogP contribution in [-0.2, 0) is 17.8 Å². The minimum absolute atomic E-state index is 0.0117. The number of esters is 1. The Balaban J connectivity index is 1.87. The highest BCUT2D eigenvalue weighted by atomic mass is 16.5. The molecule has 0 amide bonds. The molecule has 0 radical (unpaired) electrons. The Labute approximate surface area is 138 Å². The topological polar surface area (TPSA) is 76.7 Å². The maximum Gasteiger partial charge on any atom is 0.338 e. The smallest absolute Gasteiger partial charge is 0.338 e. The third-order valence-corrected chi connectivity index (χ3v) is 3.74. The molecule has 5 nitrogen and oxygen atoms in total. The van der Waals surface area contributed by atoms with Crippen LogP contribution in [0.15, 0.2) is 57.7 Å². The number of rotatable bonds is 4.